The monoisotopic (exact) mass is 608 g/mol. The Bertz CT molecular complexity index is 1830. The first kappa shape index (κ1) is 30.2. The number of nitrogens with zero attached hydrogens (tertiary/aromatic N) is 2. The molecule has 0 saturated heterocycles. The summed E-state index contributed by atoms with van der Waals surface area (Å²) < 4.78 is 14.0. The van der Waals surface area contributed by atoms with E-state index < -0.39 is 11.2 Å². The zero-order valence-corrected chi connectivity index (χ0v) is 25.6. The van der Waals surface area contributed by atoms with E-state index >= 15 is 0 Å². The number of ether oxygens (including phenoxy) is 2. The first-order valence-corrected chi connectivity index (χ1v) is 14.7. The highest BCUT2D eigenvalue weighted by Crippen LogP contribution is 2.38. The van der Waals surface area contributed by atoms with Crippen molar-refractivity contribution in [1.29, 1.82) is 0 Å². The summed E-state index contributed by atoms with van der Waals surface area (Å²) in [6.07, 6.45) is 0. The van der Waals surface area contributed by atoms with Crippen LogP contribution in [0.15, 0.2) is 113 Å². The van der Waals surface area contributed by atoms with Gasteiger partial charge in [-0.3, -0.25) is 19.1 Å². The topological polar surface area (TPSA) is 104 Å². The predicted octanol–water partition coefficient (Wildman–Crippen LogP) is 6.23. The summed E-state index contributed by atoms with van der Waals surface area (Å²) in [5.74, 6) is 0.0277. The molecule has 9 nitrogen and oxygen atoms in total. The van der Waals surface area contributed by atoms with Crippen molar-refractivity contribution in [2.24, 2.45) is 7.05 Å². The van der Waals surface area contributed by atoms with Gasteiger partial charge in [-0.15, -0.1) is 11.8 Å². The number of para-hydroxylation sites is 1. The molecule has 44 heavy (non-hydrogen) atoms. The molecule has 4 aromatic carbocycles. The lowest BCUT2D eigenvalue weighted by atomic mass is 10.1. The van der Waals surface area contributed by atoms with E-state index in [-0.39, 0.29) is 22.7 Å². The summed E-state index contributed by atoms with van der Waals surface area (Å²) >= 11 is 1.31. The van der Waals surface area contributed by atoms with Crippen molar-refractivity contribution in [2.75, 3.05) is 24.9 Å². The van der Waals surface area contributed by atoms with Gasteiger partial charge in [0.1, 0.15) is 28.0 Å². The molecule has 5 rings (SSSR count). The summed E-state index contributed by atoms with van der Waals surface area (Å²) in [6, 6.07) is 31.0. The van der Waals surface area contributed by atoms with Gasteiger partial charge in [-0.2, -0.15) is 0 Å². The van der Waals surface area contributed by atoms with E-state index in [1.807, 2.05) is 66.7 Å². The second-order valence-electron chi connectivity index (χ2n) is 9.85. The Morgan fingerprint density at radius 1 is 0.795 bits per heavy atom. The molecular weight excluding hydrogens is 576 g/mol. The van der Waals surface area contributed by atoms with Gasteiger partial charge in [0, 0.05) is 17.6 Å². The molecule has 0 fully saturated rings. The Kier molecular flexibility index (Phi) is 9.20. The van der Waals surface area contributed by atoms with Gasteiger partial charge in [0.2, 0.25) is 5.91 Å². The van der Waals surface area contributed by atoms with Crippen molar-refractivity contribution in [3.63, 3.8) is 0 Å². The highest BCUT2D eigenvalue weighted by molar-refractivity contribution is 8.00. The molecule has 5 aromatic rings. The summed E-state index contributed by atoms with van der Waals surface area (Å²) in [5, 5.41) is 5.13. The summed E-state index contributed by atoms with van der Waals surface area (Å²) in [6.45, 7) is 1.80. The van der Waals surface area contributed by atoms with Crippen molar-refractivity contribution >= 4 is 35.0 Å². The number of benzene rings is 4. The van der Waals surface area contributed by atoms with Gasteiger partial charge >= 0.3 is 0 Å². The molecule has 1 aromatic heterocycles. The van der Waals surface area contributed by atoms with Crippen LogP contribution in [0.5, 0.6) is 11.5 Å². The molecule has 0 saturated carbocycles. The molecule has 2 N–H and O–H groups in total. The maximum absolute atomic E-state index is 13.9. The normalized spacial score (nSPS) is 11.5. The van der Waals surface area contributed by atoms with Crippen molar-refractivity contribution < 1.29 is 19.1 Å². The third kappa shape index (κ3) is 6.25. The number of carbonyl (C=O) groups is 2. The van der Waals surface area contributed by atoms with E-state index in [1.54, 1.807) is 55.1 Å². The van der Waals surface area contributed by atoms with Gasteiger partial charge in [-0.05, 0) is 55.0 Å². The van der Waals surface area contributed by atoms with Crippen LogP contribution in [0.2, 0.25) is 0 Å². The number of hydrogen-bond acceptors (Lipinski definition) is 6. The van der Waals surface area contributed by atoms with E-state index in [1.165, 1.54) is 30.7 Å². The largest absolute Gasteiger partial charge is 0.496 e. The molecule has 1 unspecified atom stereocenters. The molecule has 1 atom stereocenters. The average Bonchev–Trinajstić information content (AvgIpc) is 3.26. The van der Waals surface area contributed by atoms with E-state index in [9.17, 15) is 14.4 Å². The Balaban J connectivity index is 1.42. The van der Waals surface area contributed by atoms with Gasteiger partial charge in [-0.25, -0.2) is 4.68 Å². The van der Waals surface area contributed by atoms with Crippen LogP contribution in [0.1, 0.15) is 26.9 Å². The fraction of sp³-hybridized carbons (Fsp3) is 0.147. The van der Waals surface area contributed by atoms with Gasteiger partial charge in [0.25, 0.3) is 11.5 Å². The van der Waals surface area contributed by atoms with E-state index in [0.717, 1.165) is 10.5 Å². The molecule has 1 heterocycles. The predicted molar refractivity (Wildman–Crippen MR) is 173 cm³/mol. The summed E-state index contributed by atoms with van der Waals surface area (Å²) in [5.41, 5.74) is 2.79. The number of aromatic nitrogens is 2. The van der Waals surface area contributed by atoms with E-state index in [2.05, 4.69) is 10.6 Å². The highest BCUT2D eigenvalue weighted by Gasteiger charge is 2.26. The van der Waals surface area contributed by atoms with Crippen LogP contribution in [-0.2, 0) is 11.8 Å². The Morgan fingerprint density at radius 2 is 1.41 bits per heavy atom. The van der Waals surface area contributed by atoms with Crippen molar-refractivity contribution in [3.05, 3.63) is 130 Å². The molecule has 224 valence electrons. The molecule has 0 aliphatic rings. The Hall–Kier alpha value is -5.22. The second kappa shape index (κ2) is 13.4. The first-order valence-electron chi connectivity index (χ1n) is 13.8. The van der Waals surface area contributed by atoms with Gasteiger partial charge in [0.05, 0.1) is 25.6 Å². The maximum Gasteiger partial charge on any atom is 0.295 e. The number of carbonyl (C=O) groups excluding carboxylic acids is 2. The quantitative estimate of drug-likeness (QED) is 0.182. The zero-order valence-electron chi connectivity index (χ0n) is 24.7. The van der Waals surface area contributed by atoms with Crippen LogP contribution < -0.4 is 25.7 Å². The second-order valence-corrected chi connectivity index (χ2v) is 11.0. The van der Waals surface area contributed by atoms with Gasteiger partial charge in [-0.1, -0.05) is 60.7 Å². The Morgan fingerprint density at radius 3 is 2.05 bits per heavy atom. The molecule has 10 heteroatoms. The minimum Gasteiger partial charge on any atom is -0.496 e. The first-order chi connectivity index (χ1) is 21.3. The molecule has 0 aliphatic heterocycles. The number of thioether (sulfide) groups is 1. The van der Waals surface area contributed by atoms with Crippen LogP contribution in [0, 0.1) is 6.92 Å². The number of anilines is 2. The Labute approximate surface area is 259 Å². The van der Waals surface area contributed by atoms with Gasteiger partial charge < -0.3 is 20.1 Å². The SMILES string of the molecule is COc1cccc(OC)c1C(=O)Nc1cccc(SC(C(=O)Nc2c(C)n(C)n(-c3ccccc3)c2=O)c2ccccc2)c1. The van der Waals surface area contributed by atoms with Crippen molar-refractivity contribution in [3.8, 4) is 17.2 Å². The van der Waals surface area contributed by atoms with Crippen molar-refractivity contribution in [1.82, 2.24) is 9.36 Å². The van der Waals surface area contributed by atoms with Crippen LogP contribution in [0.4, 0.5) is 11.4 Å². The van der Waals surface area contributed by atoms with Crippen LogP contribution in [-0.4, -0.2) is 35.4 Å². The zero-order chi connectivity index (χ0) is 31.2. The molecule has 2 amide bonds. The minimum absolute atomic E-state index is 0.217. The highest BCUT2D eigenvalue weighted by atomic mass is 32.2. The lowest BCUT2D eigenvalue weighted by Crippen LogP contribution is -2.25. The molecular formula is C34H32N4O5S. The summed E-state index contributed by atoms with van der Waals surface area (Å²) in [4.78, 5) is 41.4. The lowest BCUT2D eigenvalue weighted by molar-refractivity contribution is -0.115. The summed E-state index contributed by atoms with van der Waals surface area (Å²) in [7, 11) is 4.76. The third-order valence-corrected chi connectivity index (χ3v) is 8.39. The lowest BCUT2D eigenvalue weighted by Gasteiger charge is -2.17. The minimum atomic E-state index is -0.694. The fourth-order valence-corrected chi connectivity index (χ4v) is 5.94. The number of amides is 2. The van der Waals surface area contributed by atoms with Gasteiger partial charge in [0.15, 0.2) is 0 Å². The number of methoxy groups -OCH3 is 2. The molecule has 0 aliphatic carbocycles. The van der Waals surface area contributed by atoms with E-state index in [4.69, 9.17) is 9.47 Å². The van der Waals surface area contributed by atoms with Crippen molar-refractivity contribution in [2.45, 2.75) is 17.1 Å². The average molecular weight is 609 g/mol. The number of nitrogens with one attached hydrogen (secondary N) is 2. The third-order valence-electron chi connectivity index (χ3n) is 7.14. The van der Waals surface area contributed by atoms with Crippen LogP contribution >= 0.6 is 11.8 Å². The molecule has 0 bridgehead atoms. The smallest absolute Gasteiger partial charge is 0.295 e. The van der Waals surface area contributed by atoms with Crippen LogP contribution in [0.3, 0.4) is 0 Å². The van der Waals surface area contributed by atoms with Crippen LogP contribution in [0.25, 0.3) is 5.69 Å². The fourth-order valence-electron chi connectivity index (χ4n) is 4.85. The number of rotatable bonds is 10. The standard InChI is InChI=1S/C34H32N4O5S/c1-22-30(34(41)38(37(22)2)25-16-9-6-10-17-25)36-33(40)31(23-13-7-5-8-14-23)44-26-18-11-15-24(21-26)35-32(39)29-27(42-3)19-12-20-28(29)43-4/h5-21,31H,1-4H3,(H,35,39)(H,36,40). The maximum atomic E-state index is 13.9. The molecule has 0 radical (unpaired) electrons. The van der Waals surface area contributed by atoms with E-state index in [0.29, 0.717) is 28.6 Å². The molecule has 0 spiro atoms. The number of hydrogen-bond donors (Lipinski definition) is 2.